The first-order valence-corrected chi connectivity index (χ1v) is 8.61. The second kappa shape index (κ2) is 6.94. The van der Waals surface area contributed by atoms with Gasteiger partial charge < -0.3 is 5.32 Å². The lowest BCUT2D eigenvalue weighted by Crippen LogP contribution is -2.32. The highest BCUT2D eigenvalue weighted by atomic mass is 35.5. The lowest BCUT2D eigenvalue weighted by molar-refractivity contribution is -0.121. The Kier molecular flexibility index (Phi) is 4.93. The summed E-state index contributed by atoms with van der Waals surface area (Å²) >= 11 is 12.0. The molecule has 2 aromatic carbocycles. The first-order valence-electron chi connectivity index (χ1n) is 7.85. The number of halogens is 2. The van der Waals surface area contributed by atoms with Gasteiger partial charge >= 0.3 is 0 Å². The fraction of sp³-hybridized carbons (Fsp3) is 0.316. The number of carbonyl (C=O) groups excluding carboxylic acids is 1. The van der Waals surface area contributed by atoms with Crippen LogP contribution in [-0.2, 0) is 16.6 Å². The molecule has 0 radical (unpaired) electrons. The predicted octanol–water partition coefficient (Wildman–Crippen LogP) is 4.77. The maximum absolute atomic E-state index is 12.1. The minimum absolute atomic E-state index is 0.0678. The molecule has 1 N–H and O–H groups in total. The zero-order chi connectivity index (χ0) is 16.3. The monoisotopic (exact) mass is 347 g/mol. The molecule has 2 nitrogen and oxygen atoms in total. The van der Waals surface area contributed by atoms with Crippen molar-refractivity contribution < 1.29 is 4.79 Å². The Bertz CT molecular complexity index is 696. The van der Waals surface area contributed by atoms with Crippen LogP contribution in [0.1, 0.15) is 30.4 Å². The quantitative estimate of drug-likeness (QED) is 0.800. The number of hydrogen-bond donors (Lipinski definition) is 1. The lowest BCUT2D eigenvalue weighted by Gasteiger charge is -2.16. The molecule has 0 bridgehead atoms. The van der Waals surface area contributed by atoms with Crippen molar-refractivity contribution in [3.05, 3.63) is 69.7 Å². The number of carbonyl (C=O) groups is 1. The van der Waals surface area contributed by atoms with E-state index in [4.69, 9.17) is 23.2 Å². The number of nitrogens with one attached hydrogen (secondary N) is 1. The van der Waals surface area contributed by atoms with Crippen molar-refractivity contribution in [2.45, 2.75) is 31.1 Å². The lowest BCUT2D eigenvalue weighted by atomic mass is 9.96. The average Bonchev–Trinajstić information content (AvgIpc) is 3.34. The van der Waals surface area contributed by atoms with Crippen molar-refractivity contribution in [2.75, 3.05) is 6.54 Å². The van der Waals surface area contributed by atoms with E-state index in [1.165, 1.54) is 5.56 Å². The topological polar surface area (TPSA) is 29.1 Å². The van der Waals surface area contributed by atoms with E-state index in [9.17, 15) is 4.79 Å². The molecule has 0 aliphatic heterocycles. The van der Waals surface area contributed by atoms with Gasteiger partial charge in [0.05, 0.1) is 0 Å². The van der Waals surface area contributed by atoms with Gasteiger partial charge in [-0.2, -0.15) is 0 Å². The summed E-state index contributed by atoms with van der Waals surface area (Å²) in [5.74, 6) is 0.0678. The van der Waals surface area contributed by atoms with Gasteiger partial charge in [-0.3, -0.25) is 4.79 Å². The van der Waals surface area contributed by atoms with E-state index in [0.717, 1.165) is 18.4 Å². The summed E-state index contributed by atoms with van der Waals surface area (Å²) in [4.78, 5) is 12.1. The Morgan fingerprint density at radius 1 is 1.09 bits per heavy atom. The molecule has 23 heavy (non-hydrogen) atoms. The highest BCUT2D eigenvalue weighted by molar-refractivity contribution is 6.35. The van der Waals surface area contributed by atoms with Gasteiger partial charge in [0.1, 0.15) is 0 Å². The van der Waals surface area contributed by atoms with Crippen molar-refractivity contribution >= 4 is 29.1 Å². The standard InChI is InChI=1S/C19H19Cl2NO/c20-16-8-6-14(17(21)12-16)7-9-18(23)22-13-19(10-11-19)15-4-2-1-3-5-15/h1-6,8,12H,7,9-11,13H2,(H,22,23). The van der Waals surface area contributed by atoms with Gasteiger partial charge in [-0.25, -0.2) is 0 Å². The molecule has 0 aromatic heterocycles. The Hall–Kier alpha value is -1.51. The van der Waals surface area contributed by atoms with E-state index in [1.54, 1.807) is 12.1 Å². The van der Waals surface area contributed by atoms with Crippen LogP contribution in [0.25, 0.3) is 0 Å². The predicted molar refractivity (Wildman–Crippen MR) is 95.1 cm³/mol. The van der Waals surface area contributed by atoms with E-state index < -0.39 is 0 Å². The van der Waals surface area contributed by atoms with Crippen molar-refractivity contribution in [3.63, 3.8) is 0 Å². The summed E-state index contributed by atoms with van der Waals surface area (Å²) < 4.78 is 0. The van der Waals surface area contributed by atoms with Gasteiger partial charge in [0.2, 0.25) is 5.91 Å². The van der Waals surface area contributed by atoms with Gasteiger partial charge in [0.15, 0.2) is 0 Å². The Balaban J connectivity index is 1.50. The Labute approximate surface area is 146 Å². The van der Waals surface area contributed by atoms with E-state index in [0.29, 0.717) is 29.4 Å². The molecule has 0 unspecified atom stereocenters. The molecule has 120 valence electrons. The summed E-state index contributed by atoms with van der Waals surface area (Å²) in [5.41, 5.74) is 2.42. The maximum Gasteiger partial charge on any atom is 0.220 e. The summed E-state index contributed by atoms with van der Waals surface area (Å²) in [7, 11) is 0. The minimum Gasteiger partial charge on any atom is -0.355 e. The third kappa shape index (κ3) is 4.07. The Morgan fingerprint density at radius 3 is 2.48 bits per heavy atom. The van der Waals surface area contributed by atoms with Gasteiger partial charge in [-0.1, -0.05) is 59.6 Å². The summed E-state index contributed by atoms with van der Waals surface area (Å²) in [6, 6.07) is 15.8. The number of aryl methyl sites for hydroxylation is 1. The van der Waals surface area contributed by atoms with Crippen molar-refractivity contribution in [1.82, 2.24) is 5.32 Å². The third-order valence-electron chi connectivity index (χ3n) is 4.50. The van der Waals surface area contributed by atoms with E-state index in [-0.39, 0.29) is 11.3 Å². The maximum atomic E-state index is 12.1. The molecule has 3 rings (SSSR count). The molecular formula is C19H19Cl2NO. The zero-order valence-electron chi connectivity index (χ0n) is 12.8. The SMILES string of the molecule is O=C(CCc1ccc(Cl)cc1Cl)NCC1(c2ccccc2)CC1. The zero-order valence-corrected chi connectivity index (χ0v) is 14.3. The molecule has 1 aliphatic rings. The van der Waals surface area contributed by atoms with Crippen LogP contribution >= 0.6 is 23.2 Å². The molecular weight excluding hydrogens is 329 g/mol. The molecule has 1 amide bonds. The first-order chi connectivity index (χ1) is 11.1. The van der Waals surface area contributed by atoms with Crippen LogP contribution in [0.3, 0.4) is 0 Å². The van der Waals surface area contributed by atoms with Gasteiger partial charge in [-0.15, -0.1) is 0 Å². The van der Waals surface area contributed by atoms with Crippen LogP contribution in [-0.4, -0.2) is 12.5 Å². The molecule has 1 aliphatic carbocycles. The average molecular weight is 348 g/mol. The van der Waals surface area contributed by atoms with Crippen LogP contribution in [0, 0.1) is 0 Å². The summed E-state index contributed by atoms with van der Waals surface area (Å²) in [6.07, 6.45) is 3.34. The first kappa shape index (κ1) is 16.4. The van der Waals surface area contributed by atoms with E-state index >= 15 is 0 Å². The molecule has 0 spiro atoms. The fourth-order valence-corrected chi connectivity index (χ4v) is 3.34. The number of benzene rings is 2. The second-order valence-corrected chi connectivity index (χ2v) is 7.00. The summed E-state index contributed by atoms with van der Waals surface area (Å²) in [5, 5.41) is 4.31. The van der Waals surface area contributed by atoms with Crippen molar-refractivity contribution in [1.29, 1.82) is 0 Å². The normalized spacial score (nSPS) is 15.2. The number of rotatable bonds is 6. The largest absolute Gasteiger partial charge is 0.355 e. The van der Waals surface area contributed by atoms with E-state index in [1.807, 2.05) is 12.1 Å². The molecule has 0 atom stereocenters. The van der Waals surface area contributed by atoms with Crippen LogP contribution in [0.15, 0.2) is 48.5 Å². The third-order valence-corrected chi connectivity index (χ3v) is 5.09. The van der Waals surface area contributed by atoms with Crippen LogP contribution in [0.4, 0.5) is 0 Å². The molecule has 4 heteroatoms. The highest BCUT2D eigenvalue weighted by Gasteiger charge is 2.44. The Morgan fingerprint density at radius 2 is 1.83 bits per heavy atom. The van der Waals surface area contributed by atoms with Crippen molar-refractivity contribution in [3.8, 4) is 0 Å². The highest BCUT2D eigenvalue weighted by Crippen LogP contribution is 2.47. The van der Waals surface area contributed by atoms with Gasteiger partial charge in [-0.05, 0) is 42.5 Å². The second-order valence-electron chi connectivity index (χ2n) is 6.16. The molecule has 1 saturated carbocycles. The van der Waals surface area contributed by atoms with Crippen LogP contribution < -0.4 is 5.32 Å². The number of hydrogen-bond acceptors (Lipinski definition) is 1. The molecule has 2 aromatic rings. The minimum atomic E-state index is 0.0678. The van der Waals surface area contributed by atoms with Gasteiger partial charge in [0.25, 0.3) is 0 Å². The van der Waals surface area contributed by atoms with Crippen molar-refractivity contribution in [2.24, 2.45) is 0 Å². The molecule has 1 fully saturated rings. The number of amides is 1. The smallest absolute Gasteiger partial charge is 0.220 e. The van der Waals surface area contributed by atoms with Crippen LogP contribution in [0.2, 0.25) is 10.0 Å². The van der Waals surface area contributed by atoms with Gasteiger partial charge in [0, 0.05) is 28.4 Å². The molecule has 0 saturated heterocycles. The van der Waals surface area contributed by atoms with E-state index in [2.05, 4.69) is 29.6 Å². The summed E-state index contributed by atoms with van der Waals surface area (Å²) in [6.45, 7) is 0.712. The fourth-order valence-electron chi connectivity index (χ4n) is 2.84. The van der Waals surface area contributed by atoms with Crippen LogP contribution in [0.5, 0.6) is 0 Å². The molecule has 0 heterocycles.